The van der Waals surface area contributed by atoms with Crippen molar-refractivity contribution in [3.05, 3.63) is 115 Å². The number of hydrazone groups is 1. The molecular weight excluding hydrogens is 701 g/mol. The fourth-order valence-corrected chi connectivity index (χ4v) is 6.36. The van der Waals surface area contributed by atoms with Crippen molar-refractivity contribution in [3.63, 3.8) is 0 Å². The molecule has 0 saturated carbocycles. The van der Waals surface area contributed by atoms with E-state index < -0.39 is 22.5 Å². The second-order valence-corrected chi connectivity index (χ2v) is 13.1. The van der Waals surface area contributed by atoms with Gasteiger partial charge in [-0.1, -0.05) is 65.1 Å². The average molecular weight is 726 g/mol. The molecule has 0 aliphatic heterocycles. The number of nitrogens with one attached hydrogen (secondary N) is 1. The van der Waals surface area contributed by atoms with E-state index in [9.17, 15) is 13.2 Å². The number of carbonyl (C=O) groups is 1. The standard InChI is InChI=1S/C30H25BrCl3N3O5S/c1-19-8-10-22(15-26(19)33)37(43(39,40)23-6-4-3-5-7-23)17-29(38)36-35-16-21-12-24(31)30(28(14-21)41-2)42-18-20-9-11-25(32)27(34)13-20/h3-16H,17-18H2,1-2H3,(H,36,38)/b35-16-. The quantitative estimate of drug-likeness (QED) is 0.127. The van der Waals surface area contributed by atoms with Gasteiger partial charge in [0.2, 0.25) is 0 Å². The van der Waals surface area contributed by atoms with Gasteiger partial charge in [0, 0.05) is 5.02 Å². The third kappa shape index (κ3) is 8.21. The first-order chi connectivity index (χ1) is 20.5. The highest BCUT2D eigenvalue weighted by atomic mass is 79.9. The Labute approximate surface area is 273 Å². The maximum atomic E-state index is 13.5. The number of halogens is 4. The zero-order valence-corrected chi connectivity index (χ0v) is 27.5. The molecule has 43 heavy (non-hydrogen) atoms. The van der Waals surface area contributed by atoms with Gasteiger partial charge in [0.15, 0.2) is 11.5 Å². The molecule has 0 heterocycles. The highest BCUT2D eigenvalue weighted by molar-refractivity contribution is 9.10. The van der Waals surface area contributed by atoms with Gasteiger partial charge in [0.1, 0.15) is 13.2 Å². The van der Waals surface area contributed by atoms with Gasteiger partial charge in [-0.2, -0.15) is 5.10 Å². The summed E-state index contributed by atoms with van der Waals surface area (Å²) in [7, 11) is -2.60. The van der Waals surface area contributed by atoms with Crippen molar-refractivity contribution < 1.29 is 22.7 Å². The summed E-state index contributed by atoms with van der Waals surface area (Å²) in [5, 5.41) is 5.26. The zero-order chi connectivity index (χ0) is 31.1. The Morgan fingerprint density at radius 3 is 2.40 bits per heavy atom. The van der Waals surface area contributed by atoms with E-state index in [-0.39, 0.29) is 17.2 Å². The van der Waals surface area contributed by atoms with Crippen molar-refractivity contribution in [2.45, 2.75) is 18.4 Å². The summed E-state index contributed by atoms with van der Waals surface area (Å²) >= 11 is 21.8. The van der Waals surface area contributed by atoms with Gasteiger partial charge in [-0.3, -0.25) is 9.10 Å². The van der Waals surface area contributed by atoms with Crippen LogP contribution in [0.4, 0.5) is 5.69 Å². The molecule has 224 valence electrons. The van der Waals surface area contributed by atoms with Gasteiger partial charge in [-0.05, 0) is 88.1 Å². The molecule has 0 saturated heterocycles. The Hall–Kier alpha value is -3.28. The minimum Gasteiger partial charge on any atom is -0.493 e. The number of nitrogens with zero attached hydrogens (tertiary/aromatic N) is 2. The number of sulfonamides is 1. The van der Waals surface area contributed by atoms with E-state index in [0.29, 0.717) is 36.6 Å². The van der Waals surface area contributed by atoms with Crippen molar-refractivity contribution in [1.29, 1.82) is 0 Å². The third-order valence-corrected chi connectivity index (χ3v) is 9.61. The molecule has 8 nitrogen and oxygen atoms in total. The zero-order valence-electron chi connectivity index (χ0n) is 22.9. The Kier molecular flexibility index (Phi) is 11.0. The summed E-state index contributed by atoms with van der Waals surface area (Å²) in [6.45, 7) is 1.47. The highest BCUT2D eigenvalue weighted by Crippen LogP contribution is 2.37. The first kappa shape index (κ1) is 32.6. The van der Waals surface area contributed by atoms with E-state index in [1.165, 1.54) is 31.5 Å². The molecular formula is C30H25BrCl3N3O5S. The van der Waals surface area contributed by atoms with Crippen molar-refractivity contribution in [2.75, 3.05) is 18.0 Å². The Balaban J connectivity index is 1.49. The largest absolute Gasteiger partial charge is 0.493 e. The lowest BCUT2D eigenvalue weighted by Gasteiger charge is -2.24. The topological polar surface area (TPSA) is 97.3 Å². The molecule has 0 aliphatic carbocycles. The van der Waals surface area contributed by atoms with Crippen LogP contribution in [0.2, 0.25) is 15.1 Å². The SMILES string of the molecule is COc1cc(/C=N\NC(=O)CN(c2ccc(C)c(Cl)c2)S(=O)(=O)c2ccccc2)cc(Br)c1OCc1ccc(Cl)c(Cl)c1. The molecule has 13 heteroatoms. The maximum Gasteiger partial charge on any atom is 0.264 e. The van der Waals surface area contributed by atoms with Gasteiger partial charge in [-0.25, -0.2) is 13.8 Å². The van der Waals surface area contributed by atoms with Crippen molar-refractivity contribution in [2.24, 2.45) is 5.10 Å². The summed E-state index contributed by atoms with van der Waals surface area (Å²) < 4.78 is 40.0. The van der Waals surface area contributed by atoms with Crippen molar-refractivity contribution in [3.8, 4) is 11.5 Å². The van der Waals surface area contributed by atoms with Gasteiger partial charge in [-0.15, -0.1) is 0 Å². The maximum absolute atomic E-state index is 13.5. The molecule has 4 aromatic carbocycles. The number of hydrogen-bond donors (Lipinski definition) is 1. The predicted molar refractivity (Wildman–Crippen MR) is 174 cm³/mol. The number of ether oxygens (including phenoxy) is 2. The van der Waals surface area contributed by atoms with Gasteiger partial charge in [0.05, 0.1) is 38.4 Å². The molecule has 1 N–H and O–H groups in total. The summed E-state index contributed by atoms with van der Waals surface area (Å²) in [6, 6.07) is 21.2. The van der Waals surface area contributed by atoms with Gasteiger partial charge >= 0.3 is 0 Å². The first-order valence-corrected chi connectivity index (χ1v) is 16.0. The number of benzene rings is 4. The van der Waals surface area contributed by atoms with E-state index in [2.05, 4.69) is 26.5 Å². The van der Waals surface area contributed by atoms with E-state index >= 15 is 0 Å². The highest BCUT2D eigenvalue weighted by Gasteiger charge is 2.27. The van der Waals surface area contributed by atoms with E-state index in [1.54, 1.807) is 67.6 Å². The molecule has 0 unspecified atom stereocenters. The number of hydrogen-bond acceptors (Lipinski definition) is 6. The van der Waals surface area contributed by atoms with Crippen LogP contribution in [-0.2, 0) is 21.4 Å². The van der Waals surface area contributed by atoms with Gasteiger partial charge in [0.25, 0.3) is 15.9 Å². The minimum absolute atomic E-state index is 0.0291. The molecule has 0 fully saturated rings. The van der Waals surface area contributed by atoms with Crippen LogP contribution in [0.5, 0.6) is 11.5 Å². The van der Waals surface area contributed by atoms with Crippen molar-refractivity contribution >= 4 is 78.6 Å². The molecule has 0 aromatic heterocycles. The third-order valence-electron chi connectivity index (χ3n) is 6.08. The van der Waals surface area contributed by atoms with E-state index in [0.717, 1.165) is 15.4 Å². The molecule has 0 bridgehead atoms. The molecule has 4 aromatic rings. The summed E-state index contributed by atoms with van der Waals surface area (Å²) in [5.41, 5.74) is 4.78. The van der Waals surface area contributed by atoms with Crippen LogP contribution >= 0.6 is 50.7 Å². The number of methoxy groups -OCH3 is 1. The Bertz CT molecular complexity index is 1770. The number of rotatable bonds is 11. The number of amides is 1. The molecule has 0 radical (unpaired) electrons. The normalized spacial score (nSPS) is 11.4. The Morgan fingerprint density at radius 1 is 0.977 bits per heavy atom. The fourth-order valence-electron chi connectivity index (χ4n) is 3.86. The summed E-state index contributed by atoms with van der Waals surface area (Å²) in [5.74, 6) is 0.201. The molecule has 0 spiro atoms. The van der Waals surface area contributed by atoms with Gasteiger partial charge < -0.3 is 9.47 Å². The monoisotopic (exact) mass is 723 g/mol. The molecule has 0 aliphatic rings. The van der Waals surface area contributed by atoms with Crippen molar-refractivity contribution in [1.82, 2.24) is 5.43 Å². The fraction of sp³-hybridized carbons (Fsp3) is 0.133. The van der Waals surface area contributed by atoms with Crippen LogP contribution in [0.25, 0.3) is 0 Å². The number of anilines is 1. The van der Waals surface area contributed by atoms with E-state index in [1.807, 2.05) is 0 Å². The second kappa shape index (κ2) is 14.5. The van der Waals surface area contributed by atoms with Crippen LogP contribution in [0.15, 0.2) is 93.3 Å². The lowest BCUT2D eigenvalue weighted by Crippen LogP contribution is -2.39. The van der Waals surface area contributed by atoms with Crippen LogP contribution in [0.3, 0.4) is 0 Å². The summed E-state index contributed by atoms with van der Waals surface area (Å²) in [4.78, 5) is 12.9. The average Bonchev–Trinajstić information content (AvgIpc) is 2.98. The molecule has 0 atom stereocenters. The molecule has 1 amide bonds. The smallest absolute Gasteiger partial charge is 0.264 e. The lowest BCUT2D eigenvalue weighted by atomic mass is 10.2. The molecule has 4 rings (SSSR count). The predicted octanol–water partition coefficient (Wildman–Crippen LogP) is 7.65. The van der Waals surface area contributed by atoms with Crippen LogP contribution in [0, 0.1) is 6.92 Å². The lowest BCUT2D eigenvalue weighted by molar-refractivity contribution is -0.119. The minimum atomic E-state index is -4.09. The van der Waals surface area contributed by atoms with E-state index in [4.69, 9.17) is 44.3 Å². The number of aryl methyl sites for hydroxylation is 1. The first-order valence-electron chi connectivity index (χ1n) is 12.6. The Morgan fingerprint density at radius 2 is 1.72 bits per heavy atom. The summed E-state index contributed by atoms with van der Waals surface area (Å²) in [6.07, 6.45) is 1.40. The second-order valence-electron chi connectivity index (χ2n) is 9.12. The van der Waals surface area contributed by atoms with Crippen LogP contribution in [-0.4, -0.2) is 34.2 Å². The number of carbonyl (C=O) groups excluding carboxylic acids is 1. The van der Waals surface area contributed by atoms with Crippen LogP contribution in [0.1, 0.15) is 16.7 Å². The van der Waals surface area contributed by atoms with Crippen LogP contribution < -0.4 is 19.2 Å².